The Balaban J connectivity index is 2.86. The predicted molar refractivity (Wildman–Crippen MR) is 51.4 cm³/mol. The van der Waals surface area contributed by atoms with Gasteiger partial charge < -0.3 is 10.2 Å². The minimum absolute atomic E-state index is 0.371. The van der Waals surface area contributed by atoms with Gasteiger partial charge in [0.25, 0.3) is 0 Å². The van der Waals surface area contributed by atoms with Gasteiger partial charge in [-0.05, 0) is 5.41 Å². The van der Waals surface area contributed by atoms with Gasteiger partial charge in [-0.25, -0.2) is 4.68 Å². The van der Waals surface area contributed by atoms with Crippen molar-refractivity contribution in [2.75, 3.05) is 0 Å². The van der Waals surface area contributed by atoms with E-state index in [1.165, 1.54) is 10.9 Å². The van der Waals surface area contributed by atoms with Gasteiger partial charge >= 0.3 is 0 Å². The van der Waals surface area contributed by atoms with Gasteiger partial charge in [-0.3, -0.25) is 0 Å². The van der Waals surface area contributed by atoms with E-state index in [2.05, 4.69) is 10.3 Å². The topological polar surface area (TPSA) is 71.2 Å². The average Bonchev–Trinajstić information content (AvgIpc) is 2.47. The minimum Gasteiger partial charge on any atom is -0.389 e. The summed E-state index contributed by atoms with van der Waals surface area (Å²) in [7, 11) is 1.68. The van der Waals surface area contributed by atoms with Crippen LogP contribution in [0.15, 0.2) is 6.20 Å². The Kier molecular flexibility index (Phi) is 2.92. The molecule has 0 aromatic carbocycles. The quantitative estimate of drug-likeness (QED) is 0.716. The van der Waals surface area contributed by atoms with Gasteiger partial charge in [-0.2, -0.15) is 0 Å². The molecule has 0 aliphatic rings. The summed E-state index contributed by atoms with van der Waals surface area (Å²) in [6, 6.07) is 0. The first-order valence-electron chi connectivity index (χ1n) is 4.54. The lowest BCUT2D eigenvalue weighted by Gasteiger charge is -2.29. The van der Waals surface area contributed by atoms with Crippen LogP contribution in [0, 0.1) is 5.41 Å². The Hall–Kier alpha value is -0.940. The predicted octanol–water partition coefficient (Wildman–Crippen LogP) is 0.255. The fourth-order valence-corrected chi connectivity index (χ4v) is 1.20. The van der Waals surface area contributed by atoms with Crippen molar-refractivity contribution in [3.63, 3.8) is 0 Å². The summed E-state index contributed by atoms with van der Waals surface area (Å²) < 4.78 is 1.46. The lowest BCUT2D eigenvalue weighted by Crippen LogP contribution is -2.33. The molecule has 1 aromatic rings. The van der Waals surface area contributed by atoms with E-state index < -0.39 is 12.2 Å². The van der Waals surface area contributed by atoms with Crippen LogP contribution >= 0.6 is 0 Å². The molecule has 2 unspecified atom stereocenters. The number of aryl methyl sites for hydroxylation is 1. The molecule has 5 heteroatoms. The first-order valence-corrected chi connectivity index (χ1v) is 4.54. The highest BCUT2D eigenvalue weighted by atomic mass is 16.3. The van der Waals surface area contributed by atoms with Gasteiger partial charge in [-0.1, -0.05) is 26.0 Å². The molecule has 2 N–H and O–H groups in total. The van der Waals surface area contributed by atoms with E-state index in [0.29, 0.717) is 5.69 Å². The lowest BCUT2D eigenvalue weighted by atomic mass is 9.85. The summed E-state index contributed by atoms with van der Waals surface area (Å²) in [5.74, 6) is 0. The Bertz CT molecular complexity index is 303. The minimum atomic E-state index is -0.949. The van der Waals surface area contributed by atoms with Crippen molar-refractivity contribution >= 4 is 0 Å². The molecule has 0 bridgehead atoms. The second-order valence-corrected chi connectivity index (χ2v) is 4.54. The number of hydrogen-bond donors (Lipinski definition) is 2. The molecule has 0 aliphatic carbocycles. The van der Waals surface area contributed by atoms with Crippen LogP contribution in [0.4, 0.5) is 0 Å². The maximum absolute atomic E-state index is 9.84. The zero-order valence-electron chi connectivity index (χ0n) is 8.97. The molecule has 0 aliphatic heterocycles. The first kappa shape index (κ1) is 11.1. The molecule has 0 spiro atoms. The number of rotatable bonds is 2. The van der Waals surface area contributed by atoms with E-state index in [4.69, 9.17) is 0 Å². The number of aliphatic hydroxyl groups is 2. The number of aromatic nitrogens is 3. The van der Waals surface area contributed by atoms with Crippen LogP contribution in [0.2, 0.25) is 0 Å². The number of aliphatic hydroxyl groups excluding tert-OH is 2. The molecule has 1 heterocycles. The van der Waals surface area contributed by atoms with Gasteiger partial charge in [0.1, 0.15) is 6.10 Å². The van der Waals surface area contributed by atoms with Crippen molar-refractivity contribution in [2.45, 2.75) is 33.0 Å². The SMILES string of the molecule is Cn1nncc1C(O)C(O)C(C)(C)C. The second-order valence-electron chi connectivity index (χ2n) is 4.54. The van der Waals surface area contributed by atoms with E-state index in [-0.39, 0.29) is 5.41 Å². The molecule has 0 fully saturated rings. The fraction of sp³-hybridized carbons (Fsp3) is 0.778. The molecule has 5 nitrogen and oxygen atoms in total. The van der Waals surface area contributed by atoms with Gasteiger partial charge in [0.15, 0.2) is 0 Å². The molecule has 0 amide bonds. The Morgan fingerprint density at radius 2 is 1.93 bits per heavy atom. The van der Waals surface area contributed by atoms with E-state index in [9.17, 15) is 10.2 Å². The summed E-state index contributed by atoms with van der Waals surface area (Å²) in [5.41, 5.74) is 0.149. The van der Waals surface area contributed by atoms with Crippen molar-refractivity contribution in [3.8, 4) is 0 Å². The molecular weight excluding hydrogens is 182 g/mol. The van der Waals surface area contributed by atoms with E-state index in [1.54, 1.807) is 7.05 Å². The lowest BCUT2D eigenvalue weighted by molar-refractivity contribution is -0.0492. The first-order chi connectivity index (χ1) is 6.34. The summed E-state index contributed by atoms with van der Waals surface area (Å²) in [5, 5.41) is 27.0. The zero-order chi connectivity index (χ0) is 10.9. The number of hydrogen-bond acceptors (Lipinski definition) is 4. The molecule has 2 atom stereocenters. The molecular formula is C9H17N3O2. The standard InChI is InChI=1S/C9H17N3O2/c1-9(2,3)8(14)7(13)6-5-10-11-12(6)4/h5,7-8,13-14H,1-4H3. The average molecular weight is 199 g/mol. The van der Waals surface area contributed by atoms with E-state index >= 15 is 0 Å². The maximum atomic E-state index is 9.84. The van der Waals surface area contributed by atoms with Crippen molar-refractivity contribution in [1.82, 2.24) is 15.0 Å². The molecule has 0 saturated carbocycles. The second kappa shape index (κ2) is 3.67. The Morgan fingerprint density at radius 3 is 2.29 bits per heavy atom. The van der Waals surface area contributed by atoms with Crippen LogP contribution < -0.4 is 0 Å². The van der Waals surface area contributed by atoms with Crippen LogP contribution in [0.1, 0.15) is 32.6 Å². The largest absolute Gasteiger partial charge is 0.389 e. The monoisotopic (exact) mass is 199 g/mol. The Morgan fingerprint density at radius 1 is 1.36 bits per heavy atom. The normalized spacial score (nSPS) is 16.7. The zero-order valence-corrected chi connectivity index (χ0v) is 8.97. The van der Waals surface area contributed by atoms with Crippen molar-refractivity contribution in [3.05, 3.63) is 11.9 Å². The van der Waals surface area contributed by atoms with E-state index in [1.807, 2.05) is 20.8 Å². The fourth-order valence-electron chi connectivity index (χ4n) is 1.20. The Labute approximate surface area is 83.4 Å². The molecule has 80 valence electrons. The van der Waals surface area contributed by atoms with Crippen LogP contribution in [-0.4, -0.2) is 31.3 Å². The summed E-state index contributed by atoms with van der Waals surface area (Å²) in [6.45, 7) is 5.60. The smallest absolute Gasteiger partial charge is 0.124 e. The molecule has 0 radical (unpaired) electrons. The molecule has 1 aromatic heterocycles. The molecule has 14 heavy (non-hydrogen) atoms. The highest BCUT2D eigenvalue weighted by Gasteiger charge is 2.31. The summed E-state index contributed by atoms with van der Waals surface area (Å²) in [6.07, 6.45) is -0.325. The molecule has 0 saturated heterocycles. The third-order valence-electron chi connectivity index (χ3n) is 2.24. The maximum Gasteiger partial charge on any atom is 0.124 e. The van der Waals surface area contributed by atoms with Gasteiger partial charge in [0.2, 0.25) is 0 Å². The highest BCUT2D eigenvalue weighted by molar-refractivity contribution is 5.02. The third-order valence-corrected chi connectivity index (χ3v) is 2.24. The van der Waals surface area contributed by atoms with Crippen LogP contribution in [-0.2, 0) is 7.05 Å². The van der Waals surface area contributed by atoms with Gasteiger partial charge in [0, 0.05) is 7.05 Å². The van der Waals surface area contributed by atoms with Gasteiger partial charge in [-0.15, -0.1) is 5.10 Å². The van der Waals surface area contributed by atoms with Crippen molar-refractivity contribution < 1.29 is 10.2 Å². The summed E-state index contributed by atoms with van der Waals surface area (Å²) >= 11 is 0. The van der Waals surface area contributed by atoms with Crippen molar-refractivity contribution in [1.29, 1.82) is 0 Å². The van der Waals surface area contributed by atoms with E-state index in [0.717, 1.165) is 0 Å². The van der Waals surface area contributed by atoms with Crippen LogP contribution in [0.5, 0.6) is 0 Å². The summed E-state index contributed by atoms with van der Waals surface area (Å²) in [4.78, 5) is 0. The van der Waals surface area contributed by atoms with Crippen LogP contribution in [0.3, 0.4) is 0 Å². The van der Waals surface area contributed by atoms with Gasteiger partial charge in [0.05, 0.1) is 18.0 Å². The van der Waals surface area contributed by atoms with Crippen LogP contribution in [0.25, 0.3) is 0 Å². The molecule has 1 rings (SSSR count). The highest BCUT2D eigenvalue weighted by Crippen LogP contribution is 2.29. The van der Waals surface area contributed by atoms with Crippen molar-refractivity contribution in [2.24, 2.45) is 12.5 Å². The number of nitrogens with zero attached hydrogens (tertiary/aromatic N) is 3. The third kappa shape index (κ3) is 2.10.